The van der Waals surface area contributed by atoms with E-state index in [2.05, 4.69) is 58.7 Å². The van der Waals surface area contributed by atoms with E-state index in [-0.39, 0.29) is 24.4 Å². The molecule has 0 aromatic heterocycles. The molecule has 4 nitrogen and oxygen atoms in total. The van der Waals surface area contributed by atoms with Crippen LogP contribution in [0.1, 0.15) is 19.3 Å². The highest BCUT2D eigenvalue weighted by Crippen LogP contribution is 2.47. The van der Waals surface area contributed by atoms with Gasteiger partial charge < -0.3 is 16.0 Å². The average molecular weight is 390 g/mol. The van der Waals surface area contributed by atoms with Crippen LogP contribution in [0.5, 0.6) is 0 Å². The van der Waals surface area contributed by atoms with E-state index in [1.54, 1.807) is 11.8 Å². The summed E-state index contributed by atoms with van der Waals surface area (Å²) in [5.74, 6) is 0.683. The van der Waals surface area contributed by atoms with Gasteiger partial charge in [0.05, 0.1) is 11.4 Å². The van der Waals surface area contributed by atoms with Gasteiger partial charge in [0.1, 0.15) is 0 Å². The number of hydrogen-bond donors (Lipinski definition) is 2. The first-order valence-electron chi connectivity index (χ1n) is 8.88. The second kappa shape index (κ2) is 8.33. The van der Waals surface area contributed by atoms with Gasteiger partial charge in [0, 0.05) is 35.3 Å². The van der Waals surface area contributed by atoms with Crippen LogP contribution in [-0.2, 0) is 4.79 Å². The highest BCUT2D eigenvalue weighted by Gasteiger charge is 2.28. The lowest BCUT2D eigenvalue weighted by Crippen LogP contribution is -2.39. The number of anilines is 2. The number of hydrogen-bond acceptors (Lipinski definition) is 4. The van der Waals surface area contributed by atoms with Crippen molar-refractivity contribution in [1.82, 2.24) is 5.32 Å². The van der Waals surface area contributed by atoms with Crippen LogP contribution in [0.3, 0.4) is 0 Å². The number of amides is 1. The van der Waals surface area contributed by atoms with Gasteiger partial charge in [0.2, 0.25) is 5.91 Å². The van der Waals surface area contributed by atoms with Crippen molar-refractivity contribution in [2.24, 2.45) is 11.7 Å². The Bertz CT molecular complexity index is 736. The fourth-order valence-corrected chi connectivity index (χ4v) is 4.34. The van der Waals surface area contributed by atoms with Crippen molar-refractivity contribution in [1.29, 1.82) is 0 Å². The Hall–Kier alpha value is -1.69. The van der Waals surface area contributed by atoms with E-state index in [9.17, 15) is 4.79 Å². The van der Waals surface area contributed by atoms with Gasteiger partial charge in [-0.2, -0.15) is 0 Å². The van der Waals surface area contributed by atoms with E-state index < -0.39 is 0 Å². The molecule has 6 heteroatoms. The summed E-state index contributed by atoms with van der Waals surface area (Å²) in [6, 6.07) is 16.8. The van der Waals surface area contributed by atoms with Crippen molar-refractivity contribution in [2.75, 3.05) is 18.0 Å². The van der Waals surface area contributed by atoms with Crippen molar-refractivity contribution in [3.8, 4) is 0 Å². The van der Waals surface area contributed by atoms with Gasteiger partial charge in [-0.1, -0.05) is 36.0 Å². The average Bonchev–Trinajstić information content (AvgIpc) is 3.48. The highest BCUT2D eigenvalue weighted by molar-refractivity contribution is 7.99. The zero-order valence-electron chi connectivity index (χ0n) is 14.6. The Balaban J connectivity index is 0.00000196. The van der Waals surface area contributed by atoms with Gasteiger partial charge >= 0.3 is 0 Å². The molecule has 0 radical (unpaired) electrons. The van der Waals surface area contributed by atoms with E-state index >= 15 is 0 Å². The summed E-state index contributed by atoms with van der Waals surface area (Å²) in [5, 5.41) is 3.00. The molecule has 1 fully saturated rings. The standard InChI is InChI=1S/C20H23N3OS.ClH/c21-15(14-9-10-14)13-22-20(24)11-12-23-16-5-1-3-7-18(16)25-19-8-4-2-6-17(19)23;/h1-8,14-15H,9-13,21H2,(H,22,24);1H. The van der Waals surface area contributed by atoms with Crippen molar-refractivity contribution >= 4 is 41.5 Å². The van der Waals surface area contributed by atoms with Crippen molar-refractivity contribution in [2.45, 2.75) is 35.1 Å². The molecule has 1 atom stereocenters. The van der Waals surface area contributed by atoms with Crippen LogP contribution < -0.4 is 16.0 Å². The summed E-state index contributed by atoms with van der Waals surface area (Å²) >= 11 is 1.79. The molecule has 138 valence electrons. The maximum atomic E-state index is 12.3. The molecule has 1 aliphatic carbocycles. The molecule has 4 rings (SSSR count). The van der Waals surface area contributed by atoms with Crippen LogP contribution in [0.2, 0.25) is 0 Å². The van der Waals surface area contributed by atoms with Crippen molar-refractivity contribution in [3.05, 3.63) is 48.5 Å². The third kappa shape index (κ3) is 4.17. The maximum Gasteiger partial charge on any atom is 0.221 e. The molecule has 2 aliphatic rings. The Labute approximate surface area is 164 Å². The number of carbonyl (C=O) groups excluding carboxylic acids is 1. The third-order valence-corrected chi connectivity index (χ3v) is 5.99. The topological polar surface area (TPSA) is 58.4 Å². The summed E-state index contributed by atoms with van der Waals surface area (Å²) in [6.07, 6.45) is 2.87. The zero-order valence-corrected chi connectivity index (χ0v) is 16.2. The number of nitrogens with zero attached hydrogens (tertiary/aromatic N) is 1. The maximum absolute atomic E-state index is 12.3. The smallest absolute Gasteiger partial charge is 0.221 e. The van der Waals surface area contributed by atoms with Crippen LogP contribution in [0.4, 0.5) is 11.4 Å². The second-order valence-electron chi connectivity index (χ2n) is 6.74. The van der Waals surface area contributed by atoms with Crippen LogP contribution in [0.15, 0.2) is 58.3 Å². The van der Waals surface area contributed by atoms with Gasteiger partial charge in [0.15, 0.2) is 0 Å². The minimum Gasteiger partial charge on any atom is -0.354 e. The molecule has 2 aromatic carbocycles. The van der Waals surface area contributed by atoms with E-state index in [1.807, 2.05) is 0 Å². The monoisotopic (exact) mass is 389 g/mol. The summed E-state index contributed by atoms with van der Waals surface area (Å²) in [6.45, 7) is 1.26. The Kier molecular flexibility index (Phi) is 6.12. The molecule has 1 aliphatic heterocycles. The highest BCUT2D eigenvalue weighted by atomic mass is 35.5. The number of fused-ring (bicyclic) bond motifs is 2. The van der Waals surface area contributed by atoms with E-state index in [0.29, 0.717) is 25.4 Å². The number of rotatable bonds is 6. The van der Waals surface area contributed by atoms with Crippen LogP contribution in [0, 0.1) is 5.92 Å². The normalized spacial score (nSPS) is 16.1. The van der Waals surface area contributed by atoms with Gasteiger partial charge in [-0.05, 0) is 43.0 Å². The second-order valence-corrected chi connectivity index (χ2v) is 7.83. The number of nitrogens with one attached hydrogen (secondary N) is 1. The van der Waals surface area contributed by atoms with Crippen LogP contribution in [0.25, 0.3) is 0 Å². The number of para-hydroxylation sites is 2. The first-order valence-corrected chi connectivity index (χ1v) is 9.70. The summed E-state index contributed by atoms with van der Waals surface area (Å²) in [4.78, 5) is 17.0. The predicted molar refractivity (Wildman–Crippen MR) is 110 cm³/mol. The molecule has 2 aromatic rings. The molecular formula is C20H24ClN3OS. The van der Waals surface area contributed by atoms with Gasteiger partial charge in [-0.25, -0.2) is 0 Å². The molecule has 1 saturated carbocycles. The molecule has 26 heavy (non-hydrogen) atoms. The zero-order chi connectivity index (χ0) is 17.2. The largest absolute Gasteiger partial charge is 0.354 e. The summed E-state index contributed by atoms with van der Waals surface area (Å²) < 4.78 is 0. The third-order valence-electron chi connectivity index (χ3n) is 4.86. The minimum atomic E-state index is 0. The molecule has 1 heterocycles. The summed E-state index contributed by atoms with van der Waals surface area (Å²) in [7, 11) is 0. The SMILES string of the molecule is Cl.NC(CNC(=O)CCN1c2ccccc2Sc2ccccc21)C1CC1. The Morgan fingerprint density at radius 3 is 2.27 bits per heavy atom. The predicted octanol–water partition coefficient (Wildman–Crippen LogP) is 3.95. The fourth-order valence-electron chi connectivity index (χ4n) is 3.25. The number of nitrogens with two attached hydrogens (primary N) is 1. The lowest BCUT2D eigenvalue weighted by Gasteiger charge is -2.32. The lowest BCUT2D eigenvalue weighted by molar-refractivity contribution is -0.120. The van der Waals surface area contributed by atoms with E-state index in [4.69, 9.17) is 5.73 Å². The minimum absolute atomic E-state index is 0. The van der Waals surface area contributed by atoms with Gasteiger partial charge in [-0.3, -0.25) is 4.79 Å². The van der Waals surface area contributed by atoms with Gasteiger partial charge in [-0.15, -0.1) is 12.4 Å². The first kappa shape index (κ1) is 19.1. The molecule has 0 spiro atoms. The number of benzene rings is 2. The van der Waals surface area contributed by atoms with Crippen LogP contribution >= 0.6 is 24.2 Å². The Morgan fingerprint density at radius 1 is 1.12 bits per heavy atom. The first-order chi connectivity index (χ1) is 12.2. The lowest BCUT2D eigenvalue weighted by atomic mass is 10.2. The molecule has 0 saturated heterocycles. The van der Waals surface area contributed by atoms with Crippen molar-refractivity contribution < 1.29 is 4.79 Å². The van der Waals surface area contributed by atoms with E-state index in [0.717, 1.165) is 0 Å². The Morgan fingerprint density at radius 2 is 1.69 bits per heavy atom. The van der Waals surface area contributed by atoms with E-state index in [1.165, 1.54) is 34.0 Å². The molecule has 1 unspecified atom stereocenters. The fraction of sp³-hybridized carbons (Fsp3) is 0.350. The quantitative estimate of drug-likeness (QED) is 0.785. The molecule has 1 amide bonds. The van der Waals surface area contributed by atoms with Crippen molar-refractivity contribution in [3.63, 3.8) is 0 Å². The number of carbonyl (C=O) groups is 1. The van der Waals surface area contributed by atoms with Crippen LogP contribution in [-0.4, -0.2) is 25.0 Å². The number of halogens is 1. The van der Waals surface area contributed by atoms with Gasteiger partial charge in [0.25, 0.3) is 0 Å². The molecule has 0 bridgehead atoms. The summed E-state index contributed by atoms with van der Waals surface area (Å²) in [5.41, 5.74) is 8.41. The molecular weight excluding hydrogens is 366 g/mol. The molecule has 3 N–H and O–H groups in total.